The maximum absolute atomic E-state index is 13.3. The van der Waals surface area contributed by atoms with Crippen molar-refractivity contribution in [2.45, 2.75) is 19.1 Å². The molecule has 4 nitrogen and oxygen atoms in total. The van der Waals surface area contributed by atoms with E-state index in [-0.39, 0.29) is 5.91 Å². The normalized spacial score (nSPS) is 18.4. The number of amides is 1. The van der Waals surface area contributed by atoms with Crippen LogP contribution in [0.15, 0.2) is 78.9 Å². The Hall–Kier alpha value is -3.37. The Labute approximate surface area is 169 Å². The molecule has 1 aliphatic heterocycles. The number of hydrogen-bond donors (Lipinski definition) is 2. The summed E-state index contributed by atoms with van der Waals surface area (Å²) in [5, 5.41) is 13.0. The van der Waals surface area contributed by atoms with Crippen molar-refractivity contribution in [2.24, 2.45) is 0 Å². The largest absolute Gasteiger partial charge is 0.363 e. The van der Waals surface area contributed by atoms with E-state index in [1.807, 2.05) is 60.7 Å². The molecule has 2 N–H and O–H groups in total. The number of rotatable bonds is 4. The van der Waals surface area contributed by atoms with Crippen LogP contribution in [0.2, 0.25) is 0 Å². The average molecular weight is 382 g/mol. The van der Waals surface area contributed by atoms with Gasteiger partial charge in [-0.1, -0.05) is 66.7 Å². The fourth-order valence-corrected chi connectivity index (χ4v) is 4.54. The Morgan fingerprint density at radius 3 is 2.45 bits per heavy atom. The number of aromatic amines is 1. The highest BCUT2D eigenvalue weighted by molar-refractivity contribution is 6.00. The van der Waals surface area contributed by atoms with Crippen molar-refractivity contribution in [1.29, 1.82) is 0 Å². The maximum Gasteiger partial charge on any atom is 0.257 e. The van der Waals surface area contributed by atoms with E-state index < -0.39 is 5.72 Å². The lowest BCUT2D eigenvalue weighted by Gasteiger charge is -2.35. The summed E-state index contributed by atoms with van der Waals surface area (Å²) in [6.07, 6.45) is 0.657. The minimum Gasteiger partial charge on any atom is -0.363 e. The molecule has 0 bridgehead atoms. The van der Waals surface area contributed by atoms with Crippen molar-refractivity contribution in [1.82, 2.24) is 9.88 Å². The van der Waals surface area contributed by atoms with Crippen molar-refractivity contribution < 1.29 is 9.90 Å². The van der Waals surface area contributed by atoms with Crippen molar-refractivity contribution in [3.8, 4) is 0 Å². The van der Waals surface area contributed by atoms with Crippen LogP contribution in [0, 0.1) is 6.92 Å². The van der Waals surface area contributed by atoms with E-state index in [1.54, 1.807) is 11.0 Å². The maximum atomic E-state index is 13.3. The van der Waals surface area contributed by atoms with Gasteiger partial charge in [-0.3, -0.25) is 4.79 Å². The molecule has 3 aromatic carbocycles. The third-order valence-corrected chi connectivity index (χ3v) is 5.96. The van der Waals surface area contributed by atoms with Crippen LogP contribution in [0.5, 0.6) is 0 Å². The van der Waals surface area contributed by atoms with E-state index >= 15 is 0 Å². The van der Waals surface area contributed by atoms with Gasteiger partial charge in [0.15, 0.2) is 5.72 Å². The number of nitrogens with one attached hydrogen (secondary N) is 1. The highest BCUT2D eigenvalue weighted by Gasteiger charge is 2.49. The Kier molecular flexibility index (Phi) is 4.03. The Morgan fingerprint density at radius 2 is 1.62 bits per heavy atom. The van der Waals surface area contributed by atoms with Gasteiger partial charge in [0, 0.05) is 39.8 Å². The molecule has 29 heavy (non-hydrogen) atoms. The number of hydrogen-bond acceptors (Lipinski definition) is 2. The molecule has 5 rings (SSSR count). The lowest BCUT2D eigenvalue weighted by molar-refractivity contribution is -0.0493. The zero-order chi connectivity index (χ0) is 20.0. The minimum absolute atomic E-state index is 0.135. The zero-order valence-corrected chi connectivity index (χ0v) is 16.2. The van der Waals surface area contributed by atoms with Gasteiger partial charge in [-0.25, -0.2) is 0 Å². The quantitative estimate of drug-likeness (QED) is 0.551. The number of carbonyl (C=O) groups excluding carboxylic acids is 1. The van der Waals surface area contributed by atoms with Gasteiger partial charge in [0.25, 0.3) is 5.91 Å². The fourth-order valence-electron chi connectivity index (χ4n) is 4.54. The van der Waals surface area contributed by atoms with E-state index in [0.717, 1.165) is 16.6 Å². The molecule has 1 aromatic heterocycles. The second-order valence-corrected chi connectivity index (χ2v) is 7.56. The molecule has 0 spiro atoms. The van der Waals surface area contributed by atoms with Crippen molar-refractivity contribution in [3.05, 3.63) is 107 Å². The average Bonchev–Trinajstić information content (AvgIpc) is 3.19. The molecule has 0 unspecified atom stereocenters. The van der Waals surface area contributed by atoms with Gasteiger partial charge in [-0.05, 0) is 31.0 Å². The molecule has 0 fully saturated rings. The fraction of sp³-hybridized carbons (Fsp3) is 0.160. The molecule has 0 saturated carbocycles. The molecule has 0 aliphatic carbocycles. The predicted octanol–water partition coefficient (Wildman–Crippen LogP) is 4.37. The number of H-pyrrole nitrogens is 1. The van der Waals surface area contributed by atoms with Crippen LogP contribution in [-0.4, -0.2) is 27.4 Å². The first-order valence-corrected chi connectivity index (χ1v) is 9.86. The molecule has 0 radical (unpaired) electrons. The van der Waals surface area contributed by atoms with Crippen molar-refractivity contribution in [3.63, 3.8) is 0 Å². The van der Waals surface area contributed by atoms with E-state index in [1.165, 1.54) is 5.56 Å². The molecule has 144 valence electrons. The molecular weight excluding hydrogens is 360 g/mol. The van der Waals surface area contributed by atoms with Crippen LogP contribution in [-0.2, 0) is 12.1 Å². The highest BCUT2D eigenvalue weighted by Crippen LogP contribution is 2.42. The standard InChI is InChI=1S/C25H22N2O2/c1-17-19(20-11-6-8-14-23(20)26-17)15-16-27-24(28)21-12-5-7-13-22(21)25(27,29)18-9-3-2-4-10-18/h2-14,26,29H,15-16H2,1H3/t25-/m0/s1. The predicted molar refractivity (Wildman–Crippen MR) is 114 cm³/mol. The molecule has 4 aromatic rings. The minimum atomic E-state index is -1.46. The summed E-state index contributed by atoms with van der Waals surface area (Å²) in [6.45, 7) is 2.47. The number of para-hydroxylation sites is 1. The van der Waals surface area contributed by atoms with Crippen LogP contribution in [0.4, 0.5) is 0 Å². The van der Waals surface area contributed by atoms with Gasteiger partial charge >= 0.3 is 0 Å². The summed E-state index contributed by atoms with van der Waals surface area (Å²) >= 11 is 0. The number of aromatic nitrogens is 1. The third-order valence-electron chi connectivity index (χ3n) is 5.96. The van der Waals surface area contributed by atoms with E-state index in [4.69, 9.17) is 0 Å². The third kappa shape index (κ3) is 2.60. The second kappa shape index (κ2) is 6.61. The number of benzene rings is 3. The van der Waals surface area contributed by atoms with Gasteiger partial charge in [-0.2, -0.15) is 0 Å². The van der Waals surface area contributed by atoms with Crippen LogP contribution < -0.4 is 0 Å². The Morgan fingerprint density at radius 1 is 0.931 bits per heavy atom. The van der Waals surface area contributed by atoms with Gasteiger partial charge in [0.2, 0.25) is 0 Å². The first-order chi connectivity index (χ1) is 14.1. The SMILES string of the molecule is Cc1[nH]c2ccccc2c1CCN1C(=O)c2ccccc2[C@@]1(O)c1ccccc1. The van der Waals surface area contributed by atoms with E-state index in [2.05, 4.69) is 24.0 Å². The molecule has 1 aliphatic rings. The summed E-state index contributed by atoms with van der Waals surface area (Å²) in [5.74, 6) is -0.135. The summed E-state index contributed by atoms with van der Waals surface area (Å²) in [4.78, 5) is 18.3. The smallest absolute Gasteiger partial charge is 0.257 e. The topological polar surface area (TPSA) is 56.3 Å². The molecular formula is C25H22N2O2. The van der Waals surface area contributed by atoms with Gasteiger partial charge in [0.1, 0.15) is 0 Å². The lowest BCUT2D eigenvalue weighted by Crippen LogP contribution is -2.45. The lowest BCUT2D eigenvalue weighted by atomic mass is 9.93. The van der Waals surface area contributed by atoms with E-state index in [9.17, 15) is 9.90 Å². The van der Waals surface area contributed by atoms with Crippen LogP contribution in [0.25, 0.3) is 10.9 Å². The molecule has 1 atom stereocenters. The zero-order valence-electron chi connectivity index (χ0n) is 16.2. The molecule has 0 saturated heterocycles. The number of aryl methyl sites for hydroxylation is 1. The monoisotopic (exact) mass is 382 g/mol. The highest BCUT2D eigenvalue weighted by atomic mass is 16.3. The number of fused-ring (bicyclic) bond motifs is 2. The van der Waals surface area contributed by atoms with Gasteiger partial charge in [-0.15, -0.1) is 0 Å². The van der Waals surface area contributed by atoms with E-state index in [0.29, 0.717) is 29.7 Å². The number of aliphatic hydroxyl groups is 1. The Balaban J connectivity index is 1.56. The van der Waals surface area contributed by atoms with Gasteiger partial charge < -0.3 is 15.0 Å². The summed E-state index contributed by atoms with van der Waals surface area (Å²) in [7, 11) is 0. The van der Waals surface area contributed by atoms with Crippen molar-refractivity contribution >= 4 is 16.8 Å². The first-order valence-electron chi connectivity index (χ1n) is 9.86. The van der Waals surface area contributed by atoms with Crippen LogP contribution in [0.3, 0.4) is 0 Å². The van der Waals surface area contributed by atoms with Crippen molar-refractivity contribution in [2.75, 3.05) is 6.54 Å². The summed E-state index contributed by atoms with van der Waals surface area (Å²) in [6, 6.07) is 25.0. The van der Waals surface area contributed by atoms with Crippen LogP contribution >= 0.6 is 0 Å². The molecule has 2 heterocycles. The first kappa shape index (κ1) is 17.7. The number of carbonyl (C=O) groups is 1. The Bertz CT molecular complexity index is 1210. The summed E-state index contributed by atoms with van der Waals surface area (Å²) < 4.78 is 0. The van der Waals surface area contributed by atoms with Gasteiger partial charge in [0.05, 0.1) is 0 Å². The molecule has 1 amide bonds. The van der Waals surface area contributed by atoms with Crippen LogP contribution in [0.1, 0.15) is 32.7 Å². The second-order valence-electron chi connectivity index (χ2n) is 7.56. The molecule has 4 heteroatoms. The number of nitrogens with zero attached hydrogens (tertiary/aromatic N) is 1. The summed E-state index contributed by atoms with van der Waals surface area (Å²) in [5.41, 5.74) is 3.82.